The summed E-state index contributed by atoms with van der Waals surface area (Å²) in [5.41, 5.74) is 3.46. The normalized spacial score (nSPS) is 15.5. The van der Waals surface area contributed by atoms with Gasteiger partial charge >= 0.3 is 0 Å². The Balaban J connectivity index is 1.79. The number of rotatable bonds is 7. The molecule has 1 saturated carbocycles. The van der Waals surface area contributed by atoms with Crippen molar-refractivity contribution in [3.8, 4) is 5.75 Å². The molecule has 2 aromatic rings. The van der Waals surface area contributed by atoms with Gasteiger partial charge in [-0.05, 0) is 42.5 Å². The van der Waals surface area contributed by atoms with Crippen molar-refractivity contribution in [1.29, 1.82) is 0 Å². The van der Waals surface area contributed by atoms with Gasteiger partial charge in [-0.25, -0.2) is 0 Å². The van der Waals surface area contributed by atoms with Gasteiger partial charge in [0.05, 0.1) is 19.6 Å². The van der Waals surface area contributed by atoms with Crippen LogP contribution in [0.4, 0.5) is 0 Å². The van der Waals surface area contributed by atoms with Crippen LogP contribution in [0.25, 0.3) is 0 Å². The van der Waals surface area contributed by atoms with Gasteiger partial charge in [-0.3, -0.25) is 4.79 Å². The average molecular weight is 366 g/mol. The van der Waals surface area contributed by atoms with Crippen molar-refractivity contribution >= 4 is 5.91 Å². The van der Waals surface area contributed by atoms with Crippen molar-refractivity contribution in [3.05, 3.63) is 65.2 Å². The SMILES string of the molecule is COc1cccc(C(CC2CCCC2)N(C)C(=O)Cc2ccc(C)cc2)c1. The van der Waals surface area contributed by atoms with Gasteiger partial charge in [-0.15, -0.1) is 0 Å². The van der Waals surface area contributed by atoms with E-state index < -0.39 is 0 Å². The lowest BCUT2D eigenvalue weighted by molar-refractivity contribution is -0.131. The second-order valence-corrected chi connectivity index (χ2v) is 7.85. The summed E-state index contributed by atoms with van der Waals surface area (Å²) in [5, 5.41) is 0. The highest BCUT2D eigenvalue weighted by Crippen LogP contribution is 2.36. The van der Waals surface area contributed by atoms with Gasteiger partial charge in [-0.1, -0.05) is 67.6 Å². The smallest absolute Gasteiger partial charge is 0.227 e. The van der Waals surface area contributed by atoms with Crippen molar-refractivity contribution in [1.82, 2.24) is 4.90 Å². The summed E-state index contributed by atoms with van der Waals surface area (Å²) < 4.78 is 5.42. The largest absolute Gasteiger partial charge is 0.497 e. The molecule has 0 saturated heterocycles. The molecule has 0 spiro atoms. The van der Waals surface area contributed by atoms with E-state index in [0.717, 1.165) is 17.7 Å². The number of methoxy groups -OCH3 is 1. The Hall–Kier alpha value is -2.29. The number of amides is 1. The van der Waals surface area contributed by atoms with Crippen LogP contribution in [0.15, 0.2) is 48.5 Å². The molecule has 1 aliphatic carbocycles. The summed E-state index contributed by atoms with van der Waals surface area (Å²) in [6, 6.07) is 16.5. The van der Waals surface area contributed by atoms with Gasteiger partial charge in [0.25, 0.3) is 0 Å². The second kappa shape index (κ2) is 9.07. The number of benzene rings is 2. The van der Waals surface area contributed by atoms with E-state index in [0.29, 0.717) is 12.3 Å². The zero-order valence-corrected chi connectivity index (χ0v) is 16.8. The summed E-state index contributed by atoms with van der Waals surface area (Å²) in [5.74, 6) is 1.73. The van der Waals surface area contributed by atoms with Crippen molar-refractivity contribution in [2.75, 3.05) is 14.2 Å². The molecule has 1 aliphatic rings. The molecule has 0 N–H and O–H groups in total. The molecule has 0 aliphatic heterocycles. The molecule has 27 heavy (non-hydrogen) atoms. The van der Waals surface area contributed by atoms with Gasteiger partial charge in [0.1, 0.15) is 5.75 Å². The van der Waals surface area contributed by atoms with Crippen LogP contribution in [0, 0.1) is 12.8 Å². The third-order valence-electron chi connectivity index (χ3n) is 5.85. The molecule has 1 amide bonds. The standard InChI is InChI=1S/C24H31NO2/c1-18-11-13-20(14-12-18)16-24(26)25(2)23(15-19-7-4-5-8-19)21-9-6-10-22(17-21)27-3/h6,9-14,17,19,23H,4-5,7-8,15-16H2,1-3H3. The van der Waals surface area contributed by atoms with Crippen molar-refractivity contribution < 1.29 is 9.53 Å². The molecular formula is C24H31NO2. The van der Waals surface area contributed by atoms with Gasteiger partial charge in [0.2, 0.25) is 5.91 Å². The summed E-state index contributed by atoms with van der Waals surface area (Å²) in [7, 11) is 3.65. The monoisotopic (exact) mass is 365 g/mol. The Morgan fingerprint density at radius 1 is 1.15 bits per heavy atom. The highest BCUT2D eigenvalue weighted by molar-refractivity contribution is 5.79. The van der Waals surface area contributed by atoms with Crippen LogP contribution in [-0.2, 0) is 11.2 Å². The van der Waals surface area contributed by atoms with E-state index >= 15 is 0 Å². The van der Waals surface area contributed by atoms with Crippen molar-refractivity contribution in [2.45, 2.75) is 51.5 Å². The number of hydrogen-bond acceptors (Lipinski definition) is 2. The fourth-order valence-corrected chi connectivity index (χ4v) is 4.11. The number of ether oxygens (including phenoxy) is 1. The van der Waals surface area contributed by atoms with Gasteiger partial charge < -0.3 is 9.64 Å². The molecule has 1 fully saturated rings. The maximum absolute atomic E-state index is 13.0. The number of hydrogen-bond donors (Lipinski definition) is 0. The Bertz CT molecular complexity index is 747. The number of carbonyl (C=O) groups excluding carboxylic acids is 1. The first-order chi connectivity index (χ1) is 13.1. The molecular weight excluding hydrogens is 334 g/mol. The van der Waals surface area contributed by atoms with E-state index in [-0.39, 0.29) is 11.9 Å². The third-order valence-corrected chi connectivity index (χ3v) is 5.85. The number of carbonyl (C=O) groups is 1. The molecule has 1 unspecified atom stereocenters. The van der Waals surface area contributed by atoms with Gasteiger partial charge in [-0.2, -0.15) is 0 Å². The zero-order chi connectivity index (χ0) is 19.2. The fraction of sp³-hybridized carbons (Fsp3) is 0.458. The average Bonchev–Trinajstić information content (AvgIpc) is 3.20. The lowest BCUT2D eigenvalue weighted by atomic mass is 9.92. The highest BCUT2D eigenvalue weighted by atomic mass is 16.5. The lowest BCUT2D eigenvalue weighted by Crippen LogP contribution is -2.33. The molecule has 2 aromatic carbocycles. The predicted molar refractivity (Wildman–Crippen MR) is 110 cm³/mol. The Kier molecular flexibility index (Phi) is 6.54. The molecule has 0 aromatic heterocycles. The minimum Gasteiger partial charge on any atom is -0.497 e. The van der Waals surface area contributed by atoms with E-state index in [9.17, 15) is 4.79 Å². The van der Waals surface area contributed by atoms with Crippen LogP contribution >= 0.6 is 0 Å². The third kappa shape index (κ3) is 5.12. The van der Waals surface area contributed by atoms with Crippen LogP contribution in [0.1, 0.15) is 54.8 Å². The first-order valence-electron chi connectivity index (χ1n) is 10.0. The molecule has 3 heteroatoms. The molecule has 0 heterocycles. The van der Waals surface area contributed by atoms with E-state index in [4.69, 9.17) is 4.74 Å². The number of nitrogens with zero attached hydrogens (tertiary/aromatic N) is 1. The molecule has 0 bridgehead atoms. The summed E-state index contributed by atoms with van der Waals surface area (Å²) in [6.45, 7) is 2.07. The second-order valence-electron chi connectivity index (χ2n) is 7.85. The summed E-state index contributed by atoms with van der Waals surface area (Å²) in [4.78, 5) is 15.0. The van der Waals surface area contributed by atoms with Crippen LogP contribution in [0.3, 0.4) is 0 Å². The molecule has 1 atom stereocenters. The van der Waals surface area contributed by atoms with Gasteiger partial charge in [0, 0.05) is 7.05 Å². The lowest BCUT2D eigenvalue weighted by Gasteiger charge is -2.31. The highest BCUT2D eigenvalue weighted by Gasteiger charge is 2.27. The van der Waals surface area contributed by atoms with Crippen LogP contribution < -0.4 is 4.74 Å². The predicted octanol–water partition coefficient (Wildman–Crippen LogP) is 5.33. The molecule has 3 rings (SSSR count). The minimum atomic E-state index is 0.0983. The first kappa shape index (κ1) is 19.5. The van der Waals surface area contributed by atoms with E-state index in [1.807, 2.05) is 24.1 Å². The topological polar surface area (TPSA) is 29.5 Å². The maximum atomic E-state index is 13.0. The van der Waals surface area contributed by atoms with Crippen LogP contribution in [-0.4, -0.2) is 25.0 Å². The Labute approximate surface area is 163 Å². The van der Waals surface area contributed by atoms with Crippen molar-refractivity contribution in [3.63, 3.8) is 0 Å². The fourth-order valence-electron chi connectivity index (χ4n) is 4.11. The first-order valence-corrected chi connectivity index (χ1v) is 10.0. The zero-order valence-electron chi connectivity index (χ0n) is 16.8. The summed E-state index contributed by atoms with van der Waals surface area (Å²) >= 11 is 0. The number of likely N-dealkylation sites (N-methyl/N-ethyl adjacent to an activating group) is 1. The molecule has 144 valence electrons. The van der Waals surface area contributed by atoms with Gasteiger partial charge in [0.15, 0.2) is 0 Å². The van der Waals surface area contributed by atoms with Crippen molar-refractivity contribution in [2.24, 2.45) is 5.92 Å². The van der Waals surface area contributed by atoms with Crippen LogP contribution in [0.2, 0.25) is 0 Å². The minimum absolute atomic E-state index is 0.0983. The molecule has 3 nitrogen and oxygen atoms in total. The van der Waals surface area contributed by atoms with Crippen LogP contribution in [0.5, 0.6) is 5.75 Å². The van der Waals surface area contributed by atoms with E-state index in [1.54, 1.807) is 7.11 Å². The summed E-state index contributed by atoms with van der Waals surface area (Å²) in [6.07, 6.45) is 6.67. The maximum Gasteiger partial charge on any atom is 0.227 e. The number of aryl methyl sites for hydroxylation is 1. The Morgan fingerprint density at radius 2 is 1.85 bits per heavy atom. The molecule has 0 radical (unpaired) electrons. The Morgan fingerprint density at radius 3 is 2.52 bits per heavy atom. The quantitative estimate of drug-likeness (QED) is 0.664. The van der Waals surface area contributed by atoms with E-state index in [1.165, 1.54) is 36.8 Å². The van der Waals surface area contributed by atoms with E-state index in [2.05, 4.69) is 43.3 Å².